The maximum Gasteiger partial charge on any atom is 0.236 e. The van der Waals surface area contributed by atoms with Crippen molar-refractivity contribution in [1.82, 2.24) is 14.8 Å². The van der Waals surface area contributed by atoms with Gasteiger partial charge >= 0.3 is 0 Å². The first-order valence-electron chi connectivity index (χ1n) is 9.12. The van der Waals surface area contributed by atoms with E-state index in [0.717, 1.165) is 14.6 Å². The number of hydrogen-bond acceptors (Lipinski definition) is 5. The zero-order valence-electron chi connectivity index (χ0n) is 15.9. The molecule has 1 unspecified atom stereocenters. The van der Waals surface area contributed by atoms with E-state index in [0.29, 0.717) is 26.2 Å². The molecule has 2 aromatic rings. The van der Waals surface area contributed by atoms with E-state index in [2.05, 4.69) is 4.98 Å². The predicted octanol–water partition coefficient (Wildman–Crippen LogP) is 3.88. The van der Waals surface area contributed by atoms with Crippen LogP contribution in [0.3, 0.4) is 0 Å². The van der Waals surface area contributed by atoms with E-state index in [1.165, 1.54) is 11.8 Å². The largest absolute Gasteiger partial charge is 0.343 e. The molecule has 1 aromatic heterocycles. The molecule has 1 heterocycles. The zero-order chi connectivity index (χ0) is 19.1. The summed E-state index contributed by atoms with van der Waals surface area (Å²) >= 11 is 2.99. The smallest absolute Gasteiger partial charge is 0.236 e. The predicted molar refractivity (Wildman–Crippen MR) is 110 cm³/mol. The first-order valence-corrected chi connectivity index (χ1v) is 10.8. The van der Waals surface area contributed by atoms with Gasteiger partial charge in [0.05, 0.1) is 15.5 Å². The van der Waals surface area contributed by atoms with Crippen LogP contribution in [0.2, 0.25) is 0 Å². The van der Waals surface area contributed by atoms with Crippen molar-refractivity contribution in [3.05, 3.63) is 24.3 Å². The summed E-state index contributed by atoms with van der Waals surface area (Å²) in [5.41, 5.74) is 0.934. The van der Waals surface area contributed by atoms with Crippen LogP contribution in [0, 0.1) is 0 Å². The number of benzene rings is 1. The number of fused-ring (bicyclic) bond motifs is 1. The van der Waals surface area contributed by atoms with Crippen molar-refractivity contribution in [1.29, 1.82) is 0 Å². The van der Waals surface area contributed by atoms with Gasteiger partial charge in [0, 0.05) is 32.6 Å². The minimum Gasteiger partial charge on any atom is -0.343 e. The van der Waals surface area contributed by atoms with Gasteiger partial charge in [-0.3, -0.25) is 9.59 Å². The minimum absolute atomic E-state index is 0.0137. The van der Waals surface area contributed by atoms with Crippen LogP contribution in [0.5, 0.6) is 0 Å². The summed E-state index contributed by atoms with van der Waals surface area (Å²) in [6.07, 6.45) is 0.206. The summed E-state index contributed by atoms with van der Waals surface area (Å²) < 4.78 is 1.93. The topological polar surface area (TPSA) is 53.5 Å². The molecule has 0 saturated carbocycles. The highest BCUT2D eigenvalue weighted by atomic mass is 32.2. The van der Waals surface area contributed by atoms with Crippen molar-refractivity contribution < 1.29 is 9.59 Å². The number of aromatic nitrogens is 1. The number of para-hydroxylation sites is 1. The van der Waals surface area contributed by atoms with Gasteiger partial charge in [0.15, 0.2) is 4.34 Å². The van der Waals surface area contributed by atoms with Crippen LogP contribution in [-0.2, 0) is 9.59 Å². The van der Waals surface area contributed by atoms with E-state index in [4.69, 9.17) is 0 Å². The number of nitrogens with zero attached hydrogens (tertiary/aromatic N) is 3. The van der Waals surface area contributed by atoms with Gasteiger partial charge in [0.2, 0.25) is 11.8 Å². The maximum absolute atomic E-state index is 13.0. The molecule has 2 rings (SSSR count). The van der Waals surface area contributed by atoms with Gasteiger partial charge in [0.1, 0.15) is 0 Å². The highest BCUT2D eigenvalue weighted by Crippen LogP contribution is 2.34. The van der Waals surface area contributed by atoms with Gasteiger partial charge in [-0.15, -0.1) is 11.3 Å². The van der Waals surface area contributed by atoms with Gasteiger partial charge < -0.3 is 9.80 Å². The summed E-state index contributed by atoms with van der Waals surface area (Å²) in [6, 6.07) is 7.94. The van der Waals surface area contributed by atoms with E-state index in [-0.39, 0.29) is 18.2 Å². The third kappa shape index (κ3) is 4.98. The summed E-state index contributed by atoms with van der Waals surface area (Å²) in [5.74, 6) is 0.0360. The molecule has 2 amide bonds. The molecular formula is C19H27N3O2S2. The molecule has 0 aliphatic carbocycles. The molecule has 26 heavy (non-hydrogen) atoms. The summed E-state index contributed by atoms with van der Waals surface area (Å²) in [4.78, 5) is 33.8. The molecular weight excluding hydrogens is 366 g/mol. The first-order chi connectivity index (χ1) is 12.5. The van der Waals surface area contributed by atoms with Crippen molar-refractivity contribution in [2.45, 2.75) is 43.7 Å². The van der Waals surface area contributed by atoms with E-state index in [9.17, 15) is 9.59 Å². The monoisotopic (exact) mass is 393 g/mol. The van der Waals surface area contributed by atoms with Crippen LogP contribution in [0.4, 0.5) is 0 Å². The van der Waals surface area contributed by atoms with Crippen LogP contribution in [0.15, 0.2) is 28.6 Å². The summed E-state index contributed by atoms with van der Waals surface area (Å²) in [5, 5.41) is -0.441. The van der Waals surface area contributed by atoms with E-state index < -0.39 is 5.25 Å². The van der Waals surface area contributed by atoms with Gasteiger partial charge in [-0.25, -0.2) is 4.98 Å². The highest BCUT2D eigenvalue weighted by molar-refractivity contribution is 8.02. The zero-order valence-corrected chi connectivity index (χ0v) is 17.5. The van der Waals surface area contributed by atoms with Gasteiger partial charge in [-0.2, -0.15) is 0 Å². The number of rotatable bonds is 9. The van der Waals surface area contributed by atoms with Gasteiger partial charge in [-0.1, -0.05) is 23.9 Å². The summed E-state index contributed by atoms with van der Waals surface area (Å²) in [7, 11) is 0. The van der Waals surface area contributed by atoms with Crippen LogP contribution in [-0.4, -0.2) is 58.0 Å². The Morgan fingerprint density at radius 1 is 1.04 bits per heavy atom. The quantitative estimate of drug-likeness (QED) is 0.607. The standard InChI is InChI=1S/C19H27N3O2S2/c1-5-21(6-2)17(23)13-16(18(24)22(7-3)8-4)26-19-20-14-11-9-10-12-15(14)25-19/h9-12,16H,5-8,13H2,1-4H3. The Hall–Kier alpha value is -1.60. The summed E-state index contributed by atoms with van der Waals surface area (Å²) in [6.45, 7) is 10.5. The van der Waals surface area contributed by atoms with Crippen molar-refractivity contribution in [2.75, 3.05) is 26.2 Å². The number of thioether (sulfide) groups is 1. The lowest BCUT2D eigenvalue weighted by molar-refractivity contribution is -0.136. The number of carbonyl (C=O) groups excluding carboxylic acids is 2. The molecule has 1 atom stereocenters. The number of carbonyl (C=O) groups is 2. The molecule has 142 valence electrons. The van der Waals surface area contributed by atoms with Gasteiger partial charge in [-0.05, 0) is 39.8 Å². The third-order valence-corrected chi connectivity index (χ3v) is 6.66. The number of hydrogen-bond donors (Lipinski definition) is 0. The van der Waals surface area contributed by atoms with Crippen molar-refractivity contribution in [3.8, 4) is 0 Å². The van der Waals surface area contributed by atoms with Crippen molar-refractivity contribution >= 4 is 45.1 Å². The van der Waals surface area contributed by atoms with Crippen LogP contribution in [0.1, 0.15) is 34.1 Å². The van der Waals surface area contributed by atoms with E-state index in [1.54, 1.807) is 21.1 Å². The molecule has 0 spiro atoms. The molecule has 5 nitrogen and oxygen atoms in total. The van der Waals surface area contributed by atoms with E-state index >= 15 is 0 Å². The average Bonchev–Trinajstić information content (AvgIpc) is 3.05. The second-order valence-electron chi connectivity index (χ2n) is 5.83. The molecule has 1 aromatic carbocycles. The Labute approximate surface area is 163 Å². The Balaban J connectivity index is 2.23. The van der Waals surface area contributed by atoms with Crippen molar-refractivity contribution in [3.63, 3.8) is 0 Å². The van der Waals surface area contributed by atoms with Gasteiger partial charge in [0.25, 0.3) is 0 Å². The second-order valence-corrected chi connectivity index (χ2v) is 8.32. The molecule has 7 heteroatoms. The lowest BCUT2D eigenvalue weighted by Crippen LogP contribution is -2.41. The highest BCUT2D eigenvalue weighted by Gasteiger charge is 2.29. The van der Waals surface area contributed by atoms with E-state index in [1.807, 2.05) is 52.0 Å². The molecule has 0 radical (unpaired) electrons. The Bertz CT molecular complexity index is 706. The molecule has 0 aliphatic heterocycles. The Morgan fingerprint density at radius 2 is 1.65 bits per heavy atom. The molecule has 0 aliphatic rings. The van der Waals surface area contributed by atoms with Crippen LogP contribution in [0.25, 0.3) is 10.2 Å². The van der Waals surface area contributed by atoms with Crippen LogP contribution >= 0.6 is 23.1 Å². The molecule has 0 saturated heterocycles. The number of amides is 2. The normalized spacial score (nSPS) is 12.2. The second kappa shape index (κ2) is 9.92. The fourth-order valence-electron chi connectivity index (χ4n) is 2.81. The minimum atomic E-state index is -0.441. The lowest BCUT2D eigenvalue weighted by Gasteiger charge is -2.26. The lowest BCUT2D eigenvalue weighted by atomic mass is 10.2. The third-order valence-electron chi connectivity index (χ3n) is 4.34. The maximum atomic E-state index is 13.0. The fourth-order valence-corrected chi connectivity index (χ4v) is 5.18. The Morgan fingerprint density at radius 3 is 2.23 bits per heavy atom. The molecule has 0 fully saturated rings. The molecule has 0 bridgehead atoms. The fraction of sp³-hybridized carbons (Fsp3) is 0.526. The SMILES string of the molecule is CCN(CC)C(=O)CC(Sc1nc2ccccc2s1)C(=O)N(CC)CC. The molecule has 0 N–H and O–H groups in total. The Kier molecular flexibility index (Phi) is 7.90. The van der Waals surface area contributed by atoms with Crippen LogP contribution < -0.4 is 0 Å². The number of thiazole rings is 1. The average molecular weight is 394 g/mol. The van der Waals surface area contributed by atoms with Crippen molar-refractivity contribution in [2.24, 2.45) is 0 Å². The first kappa shape index (κ1) is 20.7.